The number of halogens is 1. The van der Waals surface area contributed by atoms with Crippen molar-refractivity contribution in [3.8, 4) is 11.3 Å². The Morgan fingerprint density at radius 1 is 1.13 bits per heavy atom. The van der Waals surface area contributed by atoms with Gasteiger partial charge in [-0.15, -0.1) is 0 Å². The van der Waals surface area contributed by atoms with Gasteiger partial charge in [0.2, 0.25) is 5.78 Å². The van der Waals surface area contributed by atoms with E-state index < -0.39 is 0 Å². The fourth-order valence-corrected chi connectivity index (χ4v) is 4.77. The second-order valence-corrected chi connectivity index (χ2v) is 8.80. The van der Waals surface area contributed by atoms with Gasteiger partial charge >= 0.3 is 0 Å². The lowest BCUT2D eigenvalue weighted by Crippen LogP contribution is -2.44. The van der Waals surface area contributed by atoms with Crippen LogP contribution in [0.25, 0.3) is 17.0 Å². The molecule has 2 fully saturated rings. The summed E-state index contributed by atoms with van der Waals surface area (Å²) in [7, 11) is 0. The number of unbranched alkanes of at least 4 members (excludes halogenated alkanes) is 2. The van der Waals surface area contributed by atoms with Crippen LogP contribution < -0.4 is 10.5 Å². The van der Waals surface area contributed by atoms with Gasteiger partial charge in [0.05, 0.1) is 17.9 Å². The quantitative estimate of drug-likeness (QED) is 0.549. The second-order valence-electron chi connectivity index (χ2n) is 8.36. The highest BCUT2D eigenvalue weighted by Gasteiger charge is 2.35. The lowest BCUT2D eigenvalue weighted by Gasteiger charge is -2.35. The molecule has 4 heterocycles. The number of morpholine rings is 1. The summed E-state index contributed by atoms with van der Waals surface area (Å²) in [6, 6.07) is 9.36. The van der Waals surface area contributed by atoms with Crippen LogP contribution in [0.15, 0.2) is 41.3 Å². The molecule has 2 aliphatic rings. The maximum absolute atomic E-state index is 13.0. The second kappa shape index (κ2) is 8.08. The molecule has 2 saturated heterocycles. The minimum absolute atomic E-state index is 0.0432. The van der Waals surface area contributed by atoms with Crippen LogP contribution in [0.2, 0.25) is 5.02 Å². The third-order valence-electron chi connectivity index (χ3n) is 6.19. The van der Waals surface area contributed by atoms with E-state index in [4.69, 9.17) is 21.3 Å². The molecule has 1 aromatic carbocycles. The van der Waals surface area contributed by atoms with Crippen molar-refractivity contribution in [3.63, 3.8) is 0 Å². The Kier molecular flexibility index (Phi) is 5.29. The standard InChI is InChI=1S/C23H27ClN4O2/c1-2-3-4-11-27-21(26-13-18-9-10-19(14-26)30-18)12-22(29)28-15-20(25-23(27)28)16-5-7-17(24)8-6-16/h5-8,12,15,18-19H,2-4,9-11,13-14H2,1H3/t18-,19+. The van der Waals surface area contributed by atoms with E-state index in [0.29, 0.717) is 10.8 Å². The number of fused-ring (bicyclic) bond motifs is 3. The lowest BCUT2D eigenvalue weighted by molar-refractivity contribution is 0.0299. The first-order valence-electron chi connectivity index (χ1n) is 10.9. The number of hydrogen-bond donors (Lipinski definition) is 0. The summed E-state index contributed by atoms with van der Waals surface area (Å²) in [6.07, 6.45) is 7.94. The van der Waals surface area contributed by atoms with E-state index in [2.05, 4.69) is 16.4 Å². The zero-order valence-corrected chi connectivity index (χ0v) is 18.0. The molecule has 0 radical (unpaired) electrons. The Balaban J connectivity index is 1.61. The van der Waals surface area contributed by atoms with Gasteiger partial charge < -0.3 is 9.64 Å². The SMILES string of the molecule is CCCCCn1c(N2C[C@H]3CC[C@@H](C2)O3)cc(=O)n2cc(-c3ccc(Cl)cc3)nc12. The van der Waals surface area contributed by atoms with Crippen LogP contribution in [-0.4, -0.2) is 39.2 Å². The molecular weight excluding hydrogens is 400 g/mol. The van der Waals surface area contributed by atoms with Gasteiger partial charge in [0.15, 0.2) is 0 Å². The molecule has 2 atom stereocenters. The molecule has 2 aromatic heterocycles. The van der Waals surface area contributed by atoms with Crippen LogP contribution in [0.3, 0.4) is 0 Å². The average molecular weight is 427 g/mol. The number of ether oxygens (including phenoxy) is 1. The van der Waals surface area contributed by atoms with Crippen molar-refractivity contribution >= 4 is 23.2 Å². The number of imidazole rings is 1. The van der Waals surface area contributed by atoms with Crippen LogP contribution >= 0.6 is 11.6 Å². The molecule has 5 rings (SSSR count). The summed E-state index contributed by atoms with van der Waals surface area (Å²) >= 11 is 6.04. The molecule has 30 heavy (non-hydrogen) atoms. The monoisotopic (exact) mass is 426 g/mol. The Bertz CT molecular complexity index is 1090. The van der Waals surface area contributed by atoms with Gasteiger partial charge in [0.25, 0.3) is 5.56 Å². The smallest absolute Gasteiger partial charge is 0.261 e. The molecule has 0 aliphatic carbocycles. The summed E-state index contributed by atoms with van der Waals surface area (Å²) in [6.45, 7) is 4.72. The summed E-state index contributed by atoms with van der Waals surface area (Å²) < 4.78 is 9.91. The number of aryl methyl sites for hydroxylation is 1. The first kappa shape index (κ1) is 19.6. The van der Waals surface area contributed by atoms with E-state index in [1.54, 1.807) is 10.5 Å². The molecule has 0 saturated carbocycles. The number of rotatable bonds is 6. The third-order valence-corrected chi connectivity index (χ3v) is 6.44. The van der Waals surface area contributed by atoms with Crippen LogP contribution in [0, 0.1) is 0 Å². The van der Waals surface area contributed by atoms with Crippen molar-refractivity contribution in [3.05, 3.63) is 51.9 Å². The Hall–Kier alpha value is -2.31. The molecular formula is C23H27ClN4O2. The molecule has 7 heteroatoms. The third kappa shape index (κ3) is 3.63. The lowest BCUT2D eigenvalue weighted by atomic mass is 10.2. The molecule has 3 aromatic rings. The van der Waals surface area contributed by atoms with Crippen molar-refractivity contribution in [2.45, 2.75) is 57.8 Å². The molecule has 2 bridgehead atoms. The van der Waals surface area contributed by atoms with E-state index in [1.807, 2.05) is 30.5 Å². The minimum Gasteiger partial charge on any atom is -0.371 e. The highest BCUT2D eigenvalue weighted by Crippen LogP contribution is 2.30. The first-order chi connectivity index (χ1) is 14.6. The highest BCUT2D eigenvalue weighted by atomic mass is 35.5. The minimum atomic E-state index is -0.0432. The van der Waals surface area contributed by atoms with Crippen molar-refractivity contribution in [2.75, 3.05) is 18.0 Å². The number of hydrogen-bond acceptors (Lipinski definition) is 4. The van der Waals surface area contributed by atoms with Crippen LogP contribution in [0.5, 0.6) is 0 Å². The van der Waals surface area contributed by atoms with E-state index >= 15 is 0 Å². The van der Waals surface area contributed by atoms with Crippen molar-refractivity contribution in [2.24, 2.45) is 0 Å². The summed E-state index contributed by atoms with van der Waals surface area (Å²) in [5.41, 5.74) is 1.69. The fraction of sp³-hybridized carbons (Fsp3) is 0.478. The zero-order valence-electron chi connectivity index (χ0n) is 17.3. The van der Waals surface area contributed by atoms with Gasteiger partial charge in [-0.05, 0) is 31.4 Å². The van der Waals surface area contributed by atoms with Crippen molar-refractivity contribution in [1.29, 1.82) is 0 Å². The molecule has 0 N–H and O–H groups in total. The summed E-state index contributed by atoms with van der Waals surface area (Å²) in [5, 5.41) is 0.686. The van der Waals surface area contributed by atoms with Crippen LogP contribution in [0.1, 0.15) is 39.0 Å². The largest absolute Gasteiger partial charge is 0.371 e. The Morgan fingerprint density at radius 2 is 1.87 bits per heavy atom. The number of aromatic nitrogens is 3. The molecule has 158 valence electrons. The van der Waals surface area contributed by atoms with E-state index in [-0.39, 0.29) is 17.8 Å². The van der Waals surface area contributed by atoms with E-state index in [0.717, 1.165) is 68.8 Å². The molecule has 0 unspecified atom stereocenters. The van der Waals surface area contributed by atoms with Gasteiger partial charge in [-0.2, -0.15) is 0 Å². The van der Waals surface area contributed by atoms with E-state index in [1.165, 1.54) is 0 Å². The van der Waals surface area contributed by atoms with Gasteiger partial charge in [-0.3, -0.25) is 13.8 Å². The van der Waals surface area contributed by atoms with Crippen LogP contribution in [0.4, 0.5) is 5.82 Å². The van der Waals surface area contributed by atoms with Crippen molar-refractivity contribution < 1.29 is 4.74 Å². The number of benzene rings is 1. The molecule has 6 nitrogen and oxygen atoms in total. The maximum atomic E-state index is 13.0. The maximum Gasteiger partial charge on any atom is 0.261 e. The topological polar surface area (TPSA) is 51.8 Å². The van der Waals surface area contributed by atoms with Crippen LogP contribution in [-0.2, 0) is 11.3 Å². The fourth-order valence-electron chi connectivity index (χ4n) is 4.64. The number of nitrogens with zero attached hydrogens (tertiary/aromatic N) is 4. The van der Waals surface area contributed by atoms with E-state index in [9.17, 15) is 4.79 Å². The summed E-state index contributed by atoms with van der Waals surface area (Å²) in [4.78, 5) is 20.2. The van der Waals surface area contributed by atoms with Gasteiger partial charge in [0, 0.05) is 42.5 Å². The number of anilines is 1. The molecule has 0 spiro atoms. The molecule has 0 amide bonds. The Labute approximate surface area is 181 Å². The van der Waals surface area contributed by atoms with Crippen molar-refractivity contribution in [1.82, 2.24) is 14.0 Å². The van der Waals surface area contributed by atoms with Gasteiger partial charge in [-0.25, -0.2) is 4.98 Å². The first-order valence-corrected chi connectivity index (χ1v) is 11.3. The van der Waals surface area contributed by atoms with Gasteiger partial charge in [-0.1, -0.05) is 43.5 Å². The van der Waals surface area contributed by atoms with Gasteiger partial charge in [0.1, 0.15) is 5.82 Å². The average Bonchev–Trinajstić information content (AvgIpc) is 3.34. The predicted molar refractivity (Wildman–Crippen MR) is 120 cm³/mol. The normalized spacial score (nSPS) is 20.9. The predicted octanol–water partition coefficient (Wildman–Crippen LogP) is 4.37. The zero-order chi connectivity index (χ0) is 20.7. The highest BCUT2D eigenvalue weighted by molar-refractivity contribution is 6.30. The summed E-state index contributed by atoms with van der Waals surface area (Å²) in [5.74, 6) is 1.68. The Morgan fingerprint density at radius 3 is 2.57 bits per heavy atom. The molecule has 2 aliphatic heterocycles.